The molecule has 1 fully saturated rings. The minimum Gasteiger partial charge on any atom is -0.496 e. The van der Waals surface area contributed by atoms with Gasteiger partial charge in [0.2, 0.25) is 0 Å². The lowest BCUT2D eigenvalue weighted by molar-refractivity contribution is -0.896. The number of hydrogen-bond donors (Lipinski definition) is 2. The lowest BCUT2D eigenvalue weighted by atomic mass is 10.1. The second-order valence-corrected chi connectivity index (χ2v) is 5.40. The van der Waals surface area contributed by atoms with Crippen molar-refractivity contribution in [2.75, 3.05) is 33.3 Å². The zero-order chi connectivity index (χ0) is 14.2. The molecule has 20 heavy (non-hydrogen) atoms. The molecule has 1 amide bonds. The molecule has 1 aliphatic rings. The molecule has 0 bridgehead atoms. The van der Waals surface area contributed by atoms with Gasteiger partial charge in [-0.05, 0) is 37.3 Å². The highest BCUT2D eigenvalue weighted by molar-refractivity contribution is 5.76. The first-order valence-corrected chi connectivity index (χ1v) is 7.52. The third kappa shape index (κ3) is 4.53. The van der Waals surface area contributed by atoms with Gasteiger partial charge >= 0.3 is 0 Å². The third-order valence-electron chi connectivity index (χ3n) is 3.88. The van der Waals surface area contributed by atoms with Crippen LogP contribution in [-0.4, -0.2) is 39.2 Å². The number of piperidine rings is 1. The van der Waals surface area contributed by atoms with Crippen molar-refractivity contribution in [2.45, 2.75) is 25.7 Å². The number of nitrogens with one attached hydrogen (secondary N) is 2. The molecule has 4 nitrogen and oxygen atoms in total. The second-order valence-electron chi connectivity index (χ2n) is 5.40. The number of rotatable bonds is 6. The molecule has 1 heterocycles. The van der Waals surface area contributed by atoms with Gasteiger partial charge in [0.25, 0.3) is 5.91 Å². The Bertz CT molecular complexity index is 428. The summed E-state index contributed by atoms with van der Waals surface area (Å²) in [7, 11) is 1.68. The van der Waals surface area contributed by atoms with Crippen LogP contribution in [0.4, 0.5) is 0 Å². The average molecular weight is 277 g/mol. The van der Waals surface area contributed by atoms with E-state index in [9.17, 15) is 4.79 Å². The number of para-hydroxylation sites is 1. The number of methoxy groups -OCH3 is 1. The Labute approximate surface area is 121 Å². The van der Waals surface area contributed by atoms with Crippen molar-refractivity contribution in [3.05, 3.63) is 29.8 Å². The van der Waals surface area contributed by atoms with Crippen molar-refractivity contribution < 1.29 is 14.4 Å². The second kappa shape index (κ2) is 7.90. The van der Waals surface area contributed by atoms with Crippen LogP contribution in [0.5, 0.6) is 5.75 Å². The molecule has 0 saturated carbocycles. The molecule has 0 atom stereocenters. The SMILES string of the molecule is COc1ccccc1CCNC(=O)C[NH+]1CCCCC1. The molecule has 0 radical (unpaired) electrons. The Hall–Kier alpha value is -1.55. The molecule has 110 valence electrons. The average Bonchev–Trinajstić information content (AvgIpc) is 2.49. The number of hydrogen-bond acceptors (Lipinski definition) is 2. The highest BCUT2D eigenvalue weighted by Gasteiger charge is 2.16. The van der Waals surface area contributed by atoms with Gasteiger partial charge in [-0.15, -0.1) is 0 Å². The monoisotopic (exact) mass is 277 g/mol. The van der Waals surface area contributed by atoms with Gasteiger partial charge in [0.05, 0.1) is 20.2 Å². The molecule has 2 rings (SSSR count). The van der Waals surface area contributed by atoms with Crippen molar-refractivity contribution in [1.29, 1.82) is 0 Å². The Morgan fingerprint density at radius 2 is 2.00 bits per heavy atom. The normalized spacial score (nSPS) is 15.8. The molecule has 2 N–H and O–H groups in total. The number of carbonyl (C=O) groups excluding carboxylic acids is 1. The van der Waals surface area contributed by atoms with Crippen LogP contribution in [0.1, 0.15) is 24.8 Å². The number of amides is 1. The number of ether oxygens (including phenoxy) is 1. The van der Waals surface area contributed by atoms with Crippen molar-refractivity contribution >= 4 is 5.91 Å². The van der Waals surface area contributed by atoms with Gasteiger partial charge in [0, 0.05) is 6.54 Å². The number of likely N-dealkylation sites (tertiary alicyclic amines) is 1. The third-order valence-corrected chi connectivity index (χ3v) is 3.88. The van der Waals surface area contributed by atoms with E-state index in [-0.39, 0.29) is 5.91 Å². The van der Waals surface area contributed by atoms with Crippen molar-refractivity contribution in [2.24, 2.45) is 0 Å². The fourth-order valence-corrected chi connectivity index (χ4v) is 2.76. The lowest BCUT2D eigenvalue weighted by Gasteiger charge is -2.22. The summed E-state index contributed by atoms with van der Waals surface area (Å²) in [5.41, 5.74) is 1.14. The van der Waals surface area contributed by atoms with Crippen molar-refractivity contribution in [3.63, 3.8) is 0 Å². The first kappa shape index (κ1) is 14.9. The molecule has 0 spiro atoms. The Balaban J connectivity index is 1.70. The van der Waals surface area contributed by atoms with E-state index in [0.717, 1.165) is 30.8 Å². The maximum Gasteiger partial charge on any atom is 0.275 e. The van der Waals surface area contributed by atoms with Crippen LogP contribution in [0, 0.1) is 0 Å². The smallest absolute Gasteiger partial charge is 0.275 e. The van der Waals surface area contributed by atoms with E-state index in [0.29, 0.717) is 13.1 Å². The largest absolute Gasteiger partial charge is 0.496 e. The van der Waals surface area contributed by atoms with Gasteiger partial charge in [-0.2, -0.15) is 0 Å². The molecule has 0 unspecified atom stereocenters. The molecule has 1 saturated heterocycles. The summed E-state index contributed by atoms with van der Waals surface area (Å²) in [5.74, 6) is 1.06. The summed E-state index contributed by atoms with van der Waals surface area (Å²) in [6.07, 6.45) is 4.64. The highest BCUT2D eigenvalue weighted by Crippen LogP contribution is 2.17. The zero-order valence-electron chi connectivity index (χ0n) is 12.3. The van der Waals surface area contributed by atoms with Gasteiger partial charge in [-0.25, -0.2) is 0 Å². The predicted molar refractivity (Wildman–Crippen MR) is 79.1 cm³/mol. The van der Waals surface area contributed by atoms with Crippen LogP contribution < -0.4 is 15.0 Å². The molecule has 1 aliphatic heterocycles. The maximum absolute atomic E-state index is 11.9. The standard InChI is InChI=1S/C16H24N2O2/c1-20-15-8-4-3-7-14(15)9-10-17-16(19)13-18-11-5-2-6-12-18/h3-4,7-8H,2,5-6,9-13H2,1H3,(H,17,19)/p+1. The summed E-state index contributed by atoms with van der Waals surface area (Å²) >= 11 is 0. The number of carbonyl (C=O) groups is 1. The summed E-state index contributed by atoms with van der Waals surface area (Å²) in [4.78, 5) is 13.3. The fourth-order valence-electron chi connectivity index (χ4n) is 2.76. The first-order chi connectivity index (χ1) is 9.79. The van der Waals surface area contributed by atoms with E-state index >= 15 is 0 Å². The summed E-state index contributed by atoms with van der Waals surface area (Å²) in [6.45, 7) is 3.57. The Kier molecular flexibility index (Phi) is 5.87. The van der Waals surface area contributed by atoms with Gasteiger partial charge < -0.3 is 15.0 Å². The predicted octanol–water partition coefficient (Wildman–Crippen LogP) is 0.423. The highest BCUT2D eigenvalue weighted by atomic mass is 16.5. The van der Waals surface area contributed by atoms with Crippen LogP contribution in [0.3, 0.4) is 0 Å². The van der Waals surface area contributed by atoms with Gasteiger partial charge in [0.1, 0.15) is 5.75 Å². The lowest BCUT2D eigenvalue weighted by Crippen LogP contribution is -3.13. The van der Waals surface area contributed by atoms with Crippen LogP contribution in [-0.2, 0) is 11.2 Å². The van der Waals surface area contributed by atoms with Crippen LogP contribution in [0.25, 0.3) is 0 Å². The summed E-state index contributed by atoms with van der Waals surface area (Å²) in [5, 5.41) is 3.01. The summed E-state index contributed by atoms with van der Waals surface area (Å²) in [6, 6.07) is 7.95. The van der Waals surface area contributed by atoms with Crippen molar-refractivity contribution in [1.82, 2.24) is 5.32 Å². The molecule has 1 aromatic rings. The minimum atomic E-state index is 0.164. The van der Waals surface area contributed by atoms with E-state index in [1.807, 2.05) is 24.3 Å². The van der Waals surface area contributed by atoms with E-state index in [1.165, 1.54) is 24.2 Å². The molecular weight excluding hydrogens is 252 g/mol. The fraction of sp³-hybridized carbons (Fsp3) is 0.562. The van der Waals surface area contributed by atoms with Crippen LogP contribution in [0.2, 0.25) is 0 Å². The van der Waals surface area contributed by atoms with Crippen LogP contribution in [0.15, 0.2) is 24.3 Å². The molecular formula is C16H25N2O2+. The van der Waals surface area contributed by atoms with E-state index in [2.05, 4.69) is 5.32 Å². The van der Waals surface area contributed by atoms with Gasteiger partial charge in [-0.1, -0.05) is 18.2 Å². The topological polar surface area (TPSA) is 42.8 Å². The Morgan fingerprint density at radius 1 is 1.25 bits per heavy atom. The van der Waals surface area contributed by atoms with Gasteiger partial charge in [-0.3, -0.25) is 4.79 Å². The zero-order valence-corrected chi connectivity index (χ0v) is 12.3. The maximum atomic E-state index is 11.9. The Morgan fingerprint density at radius 3 is 2.75 bits per heavy atom. The van der Waals surface area contributed by atoms with E-state index in [1.54, 1.807) is 7.11 Å². The molecule has 0 aromatic heterocycles. The first-order valence-electron chi connectivity index (χ1n) is 7.52. The van der Waals surface area contributed by atoms with Crippen molar-refractivity contribution in [3.8, 4) is 5.75 Å². The molecule has 4 heteroatoms. The minimum absolute atomic E-state index is 0.164. The molecule has 0 aliphatic carbocycles. The molecule has 1 aromatic carbocycles. The quantitative estimate of drug-likeness (QED) is 0.791. The van der Waals surface area contributed by atoms with E-state index < -0.39 is 0 Å². The van der Waals surface area contributed by atoms with Crippen LogP contribution >= 0.6 is 0 Å². The van der Waals surface area contributed by atoms with E-state index in [4.69, 9.17) is 4.74 Å². The number of quaternary nitrogens is 1. The summed E-state index contributed by atoms with van der Waals surface area (Å²) < 4.78 is 5.31. The van der Waals surface area contributed by atoms with Gasteiger partial charge in [0.15, 0.2) is 6.54 Å². The number of benzene rings is 1.